The van der Waals surface area contributed by atoms with Crippen LogP contribution in [0.4, 0.5) is 5.95 Å². The van der Waals surface area contributed by atoms with Crippen molar-refractivity contribution in [3.8, 4) is 0 Å². The molecular formula is C22H23ClN6O3. The van der Waals surface area contributed by atoms with Crippen molar-refractivity contribution in [1.82, 2.24) is 24.2 Å². The first-order chi connectivity index (χ1) is 15.7. The van der Waals surface area contributed by atoms with Crippen molar-refractivity contribution in [1.29, 1.82) is 0 Å². The molecule has 9 nitrogen and oxygen atoms in total. The summed E-state index contributed by atoms with van der Waals surface area (Å²) >= 11 is 5.90. The zero-order valence-corrected chi connectivity index (χ0v) is 18.2. The highest BCUT2D eigenvalue weighted by atomic mass is 35.5. The van der Waals surface area contributed by atoms with E-state index in [9.17, 15) is 4.79 Å². The first-order valence-electron chi connectivity index (χ1n) is 10.5. The van der Waals surface area contributed by atoms with Crippen molar-refractivity contribution in [2.24, 2.45) is 0 Å². The number of hydrogen-bond donors (Lipinski definition) is 1. The van der Waals surface area contributed by atoms with Gasteiger partial charge in [0.05, 0.1) is 42.0 Å². The van der Waals surface area contributed by atoms with Crippen LogP contribution in [0.25, 0.3) is 11.0 Å². The fourth-order valence-corrected chi connectivity index (χ4v) is 3.95. The molecule has 1 saturated heterocycles. The molecule has 1 aliphatic heterocycles. The summed E-state index contributed by atoms with van der Waals surface area (Å²) < 4.78 is 14.8. The fourth-order valence-electron chi connectivity index (χ4n) is 3.80. The summed E-state index contributed by atoms with van der Waals surface area (Å²) in [6.45, 7) is 5.26. The maximum absolute atomic E-state index is 12.9. The lowest BCUT2D eigenvalue weighted by Gasteiger charge is -2.26. The van der Waals surface area contributed by atoms with Gasteiger partial charge in [-0.15, -0.1) is 0 Å². The number of morpholine rings is 1. The van der Waals surface area contributed by atoms with Crippen LogP contribution in [0.3, 0.4) is 0 Å². The number of anilines is 1. The second-order valence-electron chi connectivity index (χ2n) is 7.61. The summed E-state index contributed by atoms with van der Waals surface area (Å²) in [4.78, 5) is 19.9. The van der Waals surface area contributed by atoms with E-state index in [-0.39, 0.29) is 11.7 Å². The molecular weight excluding hydrogens is 432 g/mol. The fraction of sp³-hybridized carbons (Fsp3) is 0.318. The Morgan fingerprint density at radius 1 is 1.12 bits per heavy atom. The molecule has 1 aliphatic rings. The summed E-state index contributed by atoms with van der Waals surface area (Å²) in [6.07, 6.45) is 3.25. The summed E-state index contributed by atoms with van der Waals surface area (Å²) in [5.41, 5.74) is 1.81. The lowest BCUT2D eigenvalue weighted by Crippen LogP contribution is -2.38. The largest absolute Gasteiger partial charge is 0.454 e. The number of halogens is 1. The summed E-state index contributed by atoms with van der Waals surface area (Å²) in [5, 5.41) is 7.59. The number of imidazole rings is 1. The predicted molar refractivity (Wildman–Crippen MR) is 120 cm³/mol. The lowest BCUT2D eigenvalue weighted by atomic mass is 10.3. The van der Waals surface area contributed by atoms with E-state index in [1.807, 2.05) is 28.8 Å². The Hall–Kier alpha value is -3.14. The molecule has 10 heteroatoms. The van der Waals surface area contributed by atoms with Crippen LogP contribution in [0.5, 0.6) is 0 Å². The molecule has 1 aromatic carbocycles. The van der Waals surface area contributed by atoms with Crippen LogP contribution in [0.15, 0.2) is 53.2 Å². The highest BCUT2D eigenvalue weighted by Crippen LogP contribution is 2.21. The van der Waals surface area contributed by atoms with Crippen molar-refractivity contribution in [2.45, 2.75) is 13.1 Å². The number of amides is 1. The van der Waals surface area contributed by atoms with Gasteiger partial charge in [0, 0.05) is 32.4 Å². The van der Waals surface area contributed by atoms with Gasteiger partial charge >= 0.3 is 0 Å². The monoisotopic (exact) mass is 454 g/mol. The third-order valence-electron chi connectivity index (χ3n) is 5.43. The summed E-state index contributed by atoms with van der Waals surface area (Å²) in [6, 6.07) is 11.3. The SMILES string of the molecule is O=C(Nc1nc2ccccc2n1CCN1CCOCC1)c1ccc(Cn2cc(Cl)cn2)o1. The van der Waals surface area contributed by atoms with Gasteiger partial charge in [0.1, 0.15) is 5.76 Å². The number of furan rings is 1. The van der Waals surface area contributed by atoms with Crippen LogP contribution in [0.1, 0.15) is 16.3 Å². The Balaban J connectivity index is 1.32. The number of hydrogen-bond acceptors (Lipinski definition) is 6. The number of para-hydroxylation sites is 2. The molecule has 0 unspecified atom stereocenters. The van der Waals surface area contributed by atoms with Crippen molar-refractivity contribution < 1.29 is 13.9 Å². The summed E-state index contributed by atoms with van der Waals surface area (Å²) in [7, 11) is 0. The van der Waals surface area contributed by atoms with Gasteiger partial charge in [0.2, 0.25) is 5.95 Å². The second kappa shape index (κ2) is 9.15. The van der Waals surface area contributed by atoms with Crippen LogP contribution >= 0.6 is 11.6 Å². The number of ether oxygens (including phenoxy) is 1. The first kappa shape index (κ1) is 20.7. The maximum Gasteiger partial charge on any atom is 0.293 e. The Bertz CT molecular complexity index is 1220. The minimum absolute atomic E-state index is 0.213. The van der Waals surface area contributed by atoms with Crippen molar-refractivity contribution in [3.05, 3.63) is 65.3 Å². The molecule has 5 rings (SSSR count). The molecule has 166 valence electrons. The third-order valence-corrected chi connectivity index (χ3v) is 5.62. The average Bonchev–Trinajstić information content (AvgIpc) is 3.52. The van der Waals surface area contributed by atoms with E-state index in [4.69, 9.17) is 20.8 Å². The van der Waals surface area contributed by atoms with Crippen molar-refractivity contribution in [2.75, 3.05) is 38.2 Å². The molecule has 0 radical (unpaired) electrons. The van der Waals surface area contributed by atoms with Gasteiger partial charge in [-0.25, -0.2) is 4.98 Å². The first-order valence-corrected chi connectivity index (χ1v) is 10.9. The topological polar surface area (TPSA) is 90.3 Å². The van der Waals surface area contributed by atoms with Crippen LogP contribution in [-0.4, -0.2) is 63.0 Å². The third kappa shape index (κ3) is 4.55. The number of aromatic nitrogens is 4. The smallest absolute Gasteiger partial charge is 0.293 e. The van der Waals surface area contributed by atoms with Crippen LogP contribution in [-0.2, 0) is 17.8 Å². The van der Waals surface area contributed by atoms with Crippen LogP contribution < -0.4 is 5.32 Å². The zero-order chi connectivity index (χ0) is 21.9. The number of carbonyl (C=O) groups is 1. The lowest BCUT2D eigenvalue weighted by molar-refractivity contribution is 0.0366. The molecule has 32 heavy (non-hydrogen) atoms. The Kier molecular flexibility index (Phi) is 5.93. The van der Waals surface area contributed by atoms with Crippen molar-refractivity contribution in [3.63, 3.8) is 0 Å². The number of carbonyl (C=O) groups excluding carboxylic acids is 1. The molecule has 1 amide bonds. The Morgan fingerprint density at radius 3 is 2.78 bits per heavy atom. The van der Waals surface area contributed by atoms with Gasteiger partial charge < -0.3 is 13.7 Å². The van der Waals surface area contributed by atoms with Crippen LogP contribution in [0, 0.1) is 0 Å². The summed E-state index contributed by atoms with van der Waals surface area (Å²) in [5.74, 6) is 0.972. The van der Waals surface area contributed by atoms with E-state index in [1.165, 1.54) is 0 Å². The zero-order valence-electron chi connectivity index (χ0n) is 17.4. The number of fused-ring (bicyclic) bond motifs is 1. The molecule has 0 aliphatic carbocycles. The van der Waals surface area contributed by atoms with E-state index >= 15 is 0 Å². The van der Waals surface area contributed by atoms with E-state index in [0.717, 1.165) is 43.9 Å². The maximum atomic E-state index is 12.9. The molecule has 0 atom stereocenters. The molecule has 0 bridgehead atoms. The molecule has 4 heterocycles. The Labute approximate surface area is 189 Å². The average molecular weight is 455 g/mol. The number of nitrogens with one attached hydrogen (secondary N) is 1. The predicted octanol–water partition coefficient (Wildman–Crippen LogP) is 3.11. The molecule has 0 saturated carbocycles. The molecule has 1 fully saturated rings. The normalized spacial score (nSPS) is 14.8. The highest BCUT2D eigenvalue weighted by molar-refractivity contribution is 6.30. The van der Waals surface area contributed by atoms with Gasteiger partial charge in [-0.05, 0) is 24.3 Å². The van der Waals surface area contributed by atoms with Gasteiger partial charge in [-0.2, -0.15) is 5.10 Å². The molecule has 1 N–H and O–H groups in total. The quantitative estimate of drug-likeness (QED) is 0.461. The molecule has 4 aromatic rings. The van der Waals surface area contributed by atoms with Gasteiger partial charge in [-0.1, -0.05) is 23.7 Å². The Morgan fingerprint density at radius 2 is 1.97 bits per heavy atom. The number of benzene rings is 1. The van der Waals surface area contributed by atoms with Gasteiger partial charge in [-0.3, -0.25) is 19.7 Å². The van der Waals surface area contributed by atoms with E-state index in [0.29, 0.717) is 29.8 Å². The number of nitrogens with zero attached hydrogens (tertiary/aromatic N) is 5. The van der Waals surface area contributed by atoms with Crippen molar-refractivity contribution >= 4 is 34.5 Å². The standard InChI is InChI=1S/C22H23ClN6O3/c23-16-13-24-28(14-16)15-17-5-6-20(32-17)21(30)26-22-25-18-3-1-2-4-19(18)29(22)8-7-27-9-11-31-12-10-27/h1-6,13-14H,7-12,15H2,(H,25,26,30). The molecule has 3 aromatic heterocycles. The minimum atomic E-state index is -0.349. The van der Waals surface area contributed by atoms with E-state index in [2.05, 4.69) is 20.3 Å². The number of rotatable bonds is 7. The molecule has 0 spiro atoms. The van der Waals surface area contributed by atoms with Gasteiger partial charge in [0.15, 0.2) is 5.76 Å². The van der Waals surface area contributed by atoms with Gasteiger partial charge in [0.25, 0.3) is 5.91 Å². The highest BCUT2D eigenvalue weighted by Gasteiger charge is 2.18. The van der Waals surface area contributed by atoms with E-state index < -0.39 is 0 Å². The minimum Gasteiger partial charge on any atom is -0.454 e. The second-order valence-corrected chi connectivity index (χ2v) is 8.04. The van der Waals surface area contributed by atoms with Crippen LogP contribution in [0.2, 0.25) is 5.02 Å². The van der Waals surface area contributed by atoms with E-state index in [1.54, 1.807) is 29.2 Å².